The standard InChI is InChI=1S/C14H21BrN2O2.ClH/c1-9(2)13(16)14(18)17(3)8-10-7-11(15)5-6-12(10)19-4;/h5-7,9,13H,8,16H2,1-4H3;1H. The zero-order valence-electron chi connectivity index (χ0n) is 12.2. The quantitative estimate of drug-likeness (QED) is 0.873. The van der Waals surface area contributed by atoms with Crippen molar-refractivity contribution in [3.05, 3.63) is 28.2 Å². The van der Waals surface area contributed by atoms with E-state index in [0.717, 1.165) is 15.8 Å². The number of rotatable bonds is 5. The number of hydrogen-bond donors (Lipinski definition) is 1. The van der Waals surface area contributed by atoms with Crippen molar-refractivity contribution in [3.63, 3.8) is 0 Å². The lowest BCUT2D eigenvalue weighted by atomic mass is 10.0. The van der Waals surface area contributed by atoms with Gasteiger partial charge in [-0.1, -0.05) is 29.8 Å². The molecule has 1 aromatic rings. The number of nitrogens with two attached hydrogens (primary N) is 1. The summed E-state index contributed by atoms with van der Waals surface area (Å²) < 4.78 is 6.25. The number of methoxy groups -OCH3 is 1. The number of carbonyl (C=O) groups is 1. The number of hydrogen-bond acceptors (Lipinski definition) is 3. The van der Waals surface area contributed by atoms with Crippen LogP contribution in [0, 0.1) is 5.92 Å². The smallest absolute Gasteiger partial charge is 0.239 e. The van der Waals surface area contributed by atoms with Crippen LogP contribution in [0.5, 0.6) is 5.75 Å². The molecule has 0 saturated carbocycles. The first-order chi connectivity index (χ1) is 8.86. The number of nitrogens with zero attached hydrogens (tertiary/aromatic N) is 1. The van der Waals surface area contributed by atoms with Crippen molar-refractivity contribution < 1.29 is 9.53 Å². The van der Waals surface area contributed by atoms with Crippen LogP contribution in [-0.2, 0) is 11.3 Å². The second-order valence-electron chi connectivity index (χ2n) is 4.92. The van der Waals surface area contributed by atoms with Crippen LogP contribution in [0.25, 0.3) is 0 Å². The minimum Gasteiger partial charge on any atom is -0.496 e. The third-order valence-electron chi connectivity index (χ3n) is 3.03. The van der Waals surface area contributed by atoms with E-state index >= 15 is 0 Å². The minimum atomic E-state index is -0.469. The van der Waals surface area contributed by atoms with Crippen molar-refractivity contribution in [1.29, 1.82) is 0 Å². The molecular weight excluding hydrogens is 344 g/mol. The van der Waals surface area contributed by atoms with Crippen LogP contribution < -0.4 is 10.5 Å². The van der Waals surface area contributed by atoms with Crippen LogP contribution in [0.2, 0.25) is 0 Å². The van der Waals surface area contributed by atoms with Crippen LogP contribution in [0.1, 0.15) is 19.4 Å². The highest BCUT2D eigenvalue weighted by Gasteiger charge is 2.21. The summed E-state index contributed by atoms with van der Waals surface area (Å²) in [6, 6.07) is 5.26. The molecule has 1 atom stereocenters. The summed E-state index contributed by atoms with van der Waals surface area (Å²) in [7, 11) is 3.37. The van der Waals surface area contributed by atoms with Crippen molar-refractivity contribution in [2.45, 2.75) is 26.4 Å². The maximum absolute atomic E-state index is 12.1. The molecule has 0 aliphatic carbocycles. The van der Waals surface area contributed by atoms with Gasteiger partial charge in [-0.3, -0.25) is 4.79 Å². The summed E-state index contributed by atoms with van der Waals surface area (Å²) in [5.41, 5.74) is 6.83. The molecule has 20 heavy (non-hydrogen) atoms. The highest BCUT2D eigenvalue weighted by molar-refractivity contribution is 9.10. The topological polar surface area (TPSA) is 55.6 Å². The van der Waals surface area contributed by atoms with E-state index in [2.05, 4.69) is 15.9 Å². The third kappa shape index (κ3) is 4.96. The zero-order valence-corrected chi connectivity index (χ0v) is 14.6. The van der Waals surface area contributed by atoms with Crippen LogP contribution in [0.4, 0.5) is 0 Å². The molecule has 6 heteroatoms. The Morgan fingerprint density at radius 2 is 2.05 bits per heavy atom. The highest BCUT2D eigenvalue weighted by atomic mass is 79.9. The number of ether oxygens (including phenoxy) is 1. The van der Waals surface area contributed by atoms with Gasteiger partial charge >= 0.3 is 0 Å². The average Bonchev–Trinajstić information content (AvgIpc) is 2.37. The summed E-state index contributed by atoms with van der Waals surface area (Å²) in [6.07, 6.45) is 0. The Labute approximate surface area is 135 Å². The lowest BCUT2D eigenvalue weighted by Gasteiger charge is -2.24. The minimum absolute atomic E-state index is 0. The molecule has 0 bridgehead atoms. The van der Waals surface area contributed by atoms with Crippen LogP contribution in [0.15, 0.2) is 22.7 Å². The fourth-order valence-corrected chi connectivity index (χ4v) is 2.15. The van der Waals surface area contributed by atoms with E-state index in [9.17, 15) is 4.79 Å². The Hall–Kier alpha value is -0.780. The van der Waals surface area contributed by atoms with Gasteiger partial charge in [0, 0.05) is 23.6 Å². The van der Waals surface area contributed by atoms with Gasteiger partial charge in [0.15, 0.2) is 0 Å². The van der Waals surface area contributed by atoms with Crippen LogP contribution in [0.3, 0.4) is 0 Å². The predicted octanol–water partition coefficient (Wildman–Crippen LogP) is 2.82. The fraction of sp³-hybridized carbons (Fsp3) is 0.500. The van der Waals surface area contributed by atoms with E-state index in [1.54, 1.807) is 19.1 Å². The normalized spacial score (nSPS) is 11.8. The Morgan fingerprint density at radius 1 is 1.45 bits per heavy atom. The number of benzene rings is 1. The monoisotopic (exact) mass is 364 g/mol. The second kappa shape index (κ2) is 8.49. The summed E-state index contributed by atoms with van der Waals surface area (Å²) in [6.45, 7) is 4.36. The summed E-state index contributed by atoms with van der Waals surface area (Å²) >= 11 is 3.42. The number of halogens is 2. The summed E-state index contributed by atoms with van der Waals surface area (Å²) in [5, 5.41) is 0. The van der Waals surface area contributed by atoms with Crippen molar-refractivity contribution in [3.8, 4) is 5.75 Å². The van der Waals surface area contributed by atoms with Crippen molar-refractivity contribution >= 4 is 34.2 Å². The van der Waals surface area contributed by atoms with Gasteiger partial charge in [0.25, 0.3) is 0 Å². The van der Waals surface area contributed by atoms with E-state index in [0.29, 0.717) is 6.54 Å². The largest absolute Gasteiger partial charge is 0.496 e. The first-order valence-corrected chi connectivity index (χ1v) is 6.99. The molecule has 4 nitrogen and oxygen atoms in total. The molecule has 0 aliphatic rings. The molecular formula is C14H22BrClN2O2. The van der Waals surface area contributed by atoms with E-state index in [-0.39, 0.29) is 24.2 Å². The molecule has 0 aromatic heterocycles. The van der Waals surface area contributed by atoms with E-state index < -0.39 is 6.04 Å². The van der Waals surface area contributed by atoms with Gasteiger partial charge in [-0.25, -0.2) is 0 Å². The first-order valence-electron chi connectivity index (χ1n) is 6.19. The van der Waals surface area contributed by atoms with Gasteiger partial charge in [-0.2, -0.15) is 0 Å². The van der Waals surface area contributed by atoms with E-state index in [1.807, 2.05) is 32.0 Å². The summed E-state index contributed by atoms with van der Waals surface area (Å²) in [5.74, 6) is 0.831. The molecule has 0 radical (unpaired) electrons. The average molecular weight is 366 g/mol. The van der Waals surface area contributed by atoms with E-state index in [4.69, 9.17) is 10.5 Å². The maximum atomic E-state index is 12.1. The maximum Gasteiger partial charge on any atom is 0.239 e. The van der Waals surface area contributed by atoms with E-state index in [1.165, 1.54) is 0 Å². The molecule has 2 N–H and O–H groups in total. The van der Waals surface area contributed by atoms with Crippen LogP contribution >= 0.6 is 28.3 Å². The van der Waals surface area contributed by atoms with Gasteiger partial charge in [0.2, 0.25) is 5.91 Å². The Morgan fingerprint density at radius 3 is 2.55 bits per heavy atom. The molecule has 1 aromatic carbocycles. The third-order valence-corrected chi connectivity index (χ3v) is 3.52. The summed E-state index contributed by atoms with van der Waals surface area (Å²) in [4.78, 5) is 13.8. The molecule has 1 amide bonds. The molecule has 0 aliphatic heterocycles. The molecule has 0 heterocycles. The SMILES string of the molecule is COc1ccc(Br)cc1CN(C)C(=O)C(N)C(C)C.Cl. The van der Waals surface area contributed by atoms with Gasteiger partial charge in [0.1, 0.15) is 5.75 Å². The van der Waals surface area contributed by atoms with Crippen molar-refractivity contribution in [2.75, 3.05) is 14.2 Å². The van der Waals surface area contributed by atoms with Gasteiger partial charge in [-0.15, -0.1) is 12.4 Å². The Balaban J connectivity index is 0.00000361. The van der Waals surface area contributed by atoms with Crippen LogP contribution in [-0.4, -0.2) is 31.0 Å². The van der Waals surface area contributed by atoms with Gasteiger partial charge in [-0.05, 0) is 24.1 Å². The Kier molecular flexibility index (Phi) is 8.16. The molecule has 1 rings (SSSR count). The van der Waals surface area contributed by atoms with Crippen molar-refractivity contribution in [2.24, 2.45) is 11.7 Å². The molecule has 0 fully saturated rings. The molecule has 0 spiro atoms. The number of carbonyl (C=O) groups excluding carboxylic acids is 1. The van der Waals surface area contributed by atoms with Gasteiger partial charge in [0.05, 0.1) is 13.2 Å². The second-order valence-corrected chi connectivity index (χ2v) is 5.84. The fourth-order valence-electron chi connectivity index (χ4n) is 1.74. The zero-order chi connectivity index (χ0) is 14.6. The predicted molar refractivity (Wildman–Crippen MR) is 87.2 cm³/mol. The highest BCUT2D eigenvalue weighted by Crippen LogP contribution is 2.24. The molecule has 114 valence electrons. The lowest BCUT2D eigenvalue weighted by molar-refractivity contribution is -0.132. The molecule has 0 saturated heterocycles. The first kappa shape index (κ1) is 19.2. The Bertz CT molecular complexity index is 455. The lowest BCUT2D eigenvalue weighted by Crippen LogP contribution is -2.44. The van der Waals surface area contributed by atoms with Crippen molar-refractivity contribution in [1.82, 2.24) is 4.90 Å². The number of likely N-dealkylation sites (N-methyl/N-ethyl adjacent to an activating group) is 1. The van der Waals surface area contributed by atoms with Gasteiger partial charge < -0.3 is 15.4 Å². The number of amides is 1. The molecule has 1 unspecified atom stereocenters.